The molecule has 1 aliphatic heterocycles. The smallest absolute Gasteiger partial charge is 0.330 e. The van der Waals surface area contributed by atoms with Gasteiger partial charge in [-0.05, 0) is 12.3 Å². The van der Waals surface area contributed by atoms with E-state index in [0.717, 1.165) is 0 Å². The van der Waals surface area contributed by atoms with Gasteiger partial charge in [-0.1, -0.05) is 6.92 Å². The Morgan fingerprint density at radius 2 is 2.37 bits per heavy atom. The van der Waals surface area contributed by atoms with Crippen molar-refractivity contribution in [1.82, 2.24) is 9.55 Å². The molecule has 0 amide bonds. The van der Waals surface area contributed by atoms with E-state index in [4.69, 9.17) is 14.2 Å². The Morgan fingerprint density at radius 3 is 3.00 bits per heavy atom. The summed E-state index contributed by atoms with van der Waals surface area (Å²) in [6.45, 7) is 3.90. The van der Waals surface area contributed by atoms with Gasteiger partial charge in [-0.2, -0.15) is 0 Å². The summed E-state index contributed by atoms with van der Waals surface area (Å²) in [6.07, 6.45) is 1.52. The summed E-state index contributed by atoms with van der Waals surface area (Å²) in [6, 6.07) is 1.29. The molecule has 1 aromatic heterocycles. The maximum Gasteiger partial charge on any atom is 0.330 e. The minimum atomic E-state index is -1.41. The number of aromatic nitrogens is 2. The molecule has 0 saturated carbocycles. The largest absolute Gasteiger partial charge is 0.352 e. The zero-order valence-electron chi connectivity index (χ0n) is 10.8. The molecule has 0 spiro atoms. The molecule has 0 bridgehead atoms. The molecule has 4 atom stereocenters. The van der Waals surface area contributed by atoms with Crippen LogP contribution in [-0.2, 0) is 9.26 Å². The maximum absolute atomic E-state index is 11.7. The second-order valence-electron chi connectivity index (χ2n) is 4.62. The summed E-state index contributed by atoms with van der Waals surface area (Å²) in [5.41, 5.74) is -0.907. The van der Waals surface area contributed by atoms with Gasteiger partial charge in [0.2, 0.25) is 0 Å². The number of nitrogens with zero attached hydrogens (tertiary/aromatic N) is 1. The lowest BCUT2D eigenvalue weighted by Crippen LogP contribution is -2.31. The molecule has 0 aromatic carbocycles. The van der Waals surface area contributed by atoms with Gasteiger partial charge in [0.05, 0.1) is 12.7 Å². The molecular weight excluding hydrogens is 271 g/mol. The van der Waals surface area contributed by atoms with Crippen molar-refractivity contribution in [3.05, 3.63) is 33.1 Å². The Hall–Kier alpha value is -1.01. The third kappa shape index (κ3) is 3.51. The van der Waals surface area contributed by atoms with E-state index in [-0.39, 0.29) is 12.0 Å². The summed E-state index contributed by atoms with van der Waals surface area (Å²) in [5.74, 6) is 0.207. The standard InChI is InChI=1S/C11H17N2O5P/c1-7-5-10(18-8(7)6-17-19(2)16)13-4-3-9(14)12-11(13)15/h3-4,7-8,10,16H,5-6H2,1-2H3,(H,12,14,15)/t7-,8-,10-,19?/m1/s1. The van der Waals surface area contributed by atoms with Crippen molar-refractivity contribution in [2.45, 2.75) is 25.7 Å². The van der Waals surface area contributed by atoms with Gasteiger partial charge < -0.3 is 14.2 Å². The number of hydrogen-bond donors (Lipinski definition) is 2. The lowest BCUT2D eigenvalue weighted by molar-refractivity contribution is -0.0260. The monoisotopic (exact) mass is 288 g/mol. The summed E-state index contributed by atoms with van der Waals surface area (Å²) < 4.78 is 12.3. The Morgan fingerprint density at radius 1 is 1.63 bits per heavy atom. The highest BCUT2D eigenvalue weighted by Gasteiger charge is 2.34. The number of nitrogens with one attached hydrogen (secondary N) is 1. The number of rotatable bonds is 4. The zero-order chi connectivity index (χ0) is 14.0. The number of ether oxygens (including phenoxy) is 1. The maximum atomic E-state index is 11.7. The van der Waals surface area contributed by atoms with E-state index in [1.54, 1.807) is 6.66 Å². The zero-order valence-corrected chi connectivity index (χ0v) is 11.7. The summed E-state index contributed by atoms with van der Waals surface area (Å²) in [4.78, 5) is 34.0. The van der Waals surface area contributed by atoms with Crippen molar-refractivity contribution < 1.29 is 14.2 Å². The van der Waals surface area contributed by atoms with Crippen molar-refractivity contribution in [2.75, 3.05) is 13.3 Å². The lowest BCUT2D eigenvalue weighted by atomic mass is 10.0. The summed E-state index contributed by atoms with van der Waals surface area (Å²) >= 11 is 0. The fourth-order valence-corrected chi connectivity index (χ4v) is 2.44. The van der Waals surface area contributed by atoms with Gasteiger partial charge in [0.15, 0.2) is 8.38 Å². The van der Waals surface area contributed by atoms with Gasteiger partial charge in [0, 0.05) is 18.9 Å². The van der Waals surface area contributed by atoms with E-state index in [0.29, 0.717) is 13.0 Å². The van der Waals surface area contributed by atoms with Gasteiger partial charge >= 0.3 is 5.69 Å². The molecule has 1 fully saturated rings. The first-order chi connectivity index (χ1) is 8.97. The van der Waals surface area contributed by atoms with E-state index in [9.17, 15) is 9.59 Å². The van der Waals surface area contributed by atoms with Gasteiger partial charge in [0.1, 0.15) is 6.23 Å². The van der Waals surface area contributed by atoms with Crippen molar-refractivity contribution in [3.8, 4) is 0 Å². The highest BCUT2D eigenvalue weighted by molar-refractivity contribution is 7.45. The van der Waals surface area contributed by atoms with Crippen molar-refractivity contribution in [2.24, 2.45) is 5.92 Å². The quantitative estimate of drug-likeness (QED) is 0.783. The molecule has 106 valence electrons. The lowest BCUT2D eigenvalue weighted by Gasteiger charge is -2.17. The van der Waals surface area contributed by atoms with Crippen LogP contribution in [0.15, 0.2) is 21.9 Å². The highest BCUT2D eigenvalue weighted by atomic mass is 31.2. The third-order valence-corrected chi connectivity index (χ3v) is 3.65. The molecule has 1 unspecified atom stereocenters. The van der Waals surface area contributed by atoms with Crippen molar-refractivity contribution >= 4 is 8.38 Å². The van der Waals surface area contributed by atoms with Gasteiger partial charge in [-0.3, -0.25) is 14.3 Å². The molecule has 1 saturated heterocycles. The number of hydrogen-bond acceptors (Lipinski definition) is 5. The molecule has 0 radical (unpaired) electrons. The second kappa shape index (κ2) is 5.96. The molecule has 0 aliphatic carbocycles. The van der Waals surface area contributed by atoms with Crippen LogP contribution in [-0.4, -0.2) is 33.8 Å². The molecule has 8 heteroatoms. The van der Waals surface area contributed by atoms with E-state index in [1.165, 1.54) is 16.8 Å². The van der Waals surface area contributed by atoms with E-state index < -0.39 is 25.9 Å². The molecule has 2 rings (SSSR count). The van der Waals surface area contributed by atoms with Crippen LogP contribution < -0.4 is 11.2 Å². The summed E-state index contributed by atoms with van der Waals surface area (Å²) in [7, 11) is -1.41. The van der Waals surface area contributed by atoms with Gasteiger partial charge in [-0.15, -0.1) is 0 Å². The SMILES string of the molecule is C[C@@H]1C[C@H](n2ccc(=O)[nH]c2=O)O[C@@H]1COP(C)O. The molecule has 7 nitrogen and oxygen atoms in total. The van der Waals surface area contributed by atoms with Crippen LogP contribution in [0.1, 0.15) is 19.6 Å². The average Bonchev–Trinajstić information content (AvgIpc) is 2.67. The fraction of sp³-hybridized carbons (Fsp3) is 0.636. The average molecular weight is 288 g/mol. The van der Waals surface area contributed by atoms with Crippen molar-refractivity contribution in [3.63, 3.8) is 0 Å². The minimum absolute atomic E-state index is 0.166. The van der Waals surface area contributed by atoms with E-state index in [2.05, 4.69) is 4.98 Å². The summed E-state index contributed by atoms with van der Waals surface area (Å²) in [5, 5.41) is 0. The van der Waals surface area contributed by atoms with Gasteiger partial charge in [0.25, 0.3) is 5.56 Å². The molecular formula is C11H17N2O5P. The Bertz CT molecular complexity index is 540. The van der Waals surface area contributed by atoms with E-state index >= 15 is 0 Å². The molecule has 1 aliphatic rings. The molecule has 19 heavy (non-hydrogen) atoms. The highest BCUT2D eigenvalue weighted by Crippen LogP contribution is 2.35. The van der Waals surface area contributed by atoms with E-state index in [1.807, 2.05) is 6.92 Å². The Balaban J connectivity index is 2.07. The van der Waals surface area contributed by atoms with Crippen LogP contribution >= 0.6 is 8.38 Å². The topological polar surface area (TPSA) is 93.6 Å². The van der Waals surface area contributed by atoms with Crippen LogP contribution in [0, 0.1) is 5.92 Å². The Labute approximate surface area is 111 Å². The first kappa shape index (κ1) is 14.4. The first-order valence-corrected chi connectivity index (χ1v) is 7.66. The number of H-pyrrole nitrogens is 1. The third-order valence-electron chi connectivity index (χ3n) is 3.13. The normalized spacial score (nSPS) is 28.5. The van der Waals surface area contributed by atoms with Gasteiger partial charge in [-0.25, -0.2) is 4.79 Å². The fourth-order valence-electron chi connectivity index (χ4n) is 2.08. The van der Waals surface area contributed by atoms with Crippen LogP contribution in [0.4, 0.5) is 0 Å². The minimum Gasteiger partial charge on any atom is -0.352 e. The van der Waals surface area contributed by atoms with Crippen LogP contribution in [0.3, 0.4) is 0 Å². The van der Waals surface area contributed by atoms with Crippen LogP contribution in [0.25, 0.3) is 0 Å². The first-order valence-electron chi connectivity index (χ1n) is 6.00. The molecule has 2 N–H and O–H groups in total. The predicted octanol–water partition coefficient (Wildman–Crippen LogP) is 0.411. The molecule has 1 aromatic rings. The van der Waals surface area contributed by atoms with Crippen LogP contribution in [0.2, 0.25) is 0 Å². The molecule has 2 heterocycles. The Kier molecular flexibility index (Phi) is 4.52. The second-order valence-corrected chi connectivity index (χ2v) is 5.81. The van der Waals surface area contributed by atoms with Crippen LogP contribution in [0.5, 0.6) is 0 Å². The number of aromatic amines is 1. The predicted molar refractivity (Wildman–Crippen MR) is 70.0 cm³/mol. The van der Waals surface area contributed by atoms with Crippen molar-refractivity contribution in [1.29, 1.82) is 0 Å².